The quantitative estimate of drug-likeness (QED) is 0.184. The van der Waals surface area contributed by atoms with Crippen LogP contribution in [0.15, 0.2) is 77.3 Å². The molecule has 0 radical (unpaired) electrons. The monoisotopic (exact) mass is 534 g/mol. The minimum absolute atomic E-state index is 0.0238. The fraction of sp³-hybridized carbons (Fsp3) is 0.143. The van der Waals surface area contributed by atoms with Crippen LogP contribution in [0.4, 0.5) is 5.69 Å². The van der Waals surface area contributed by atoms with Gasteiger partial charge in [0.15, 0.2) is 0 Å². The second kappa shape index (κ2) is 11.7. The van der Waals surface area contributed by atoms with Crippen molar-refractivity contribution in [3.8, 4) is 11.8 Å². The predicted molar refractivity (Wildman–Crippen MR) is 142 cm³/mol. The molecule has 0 aliphatic carbocycles. The van der Waals surface area contributed by atoms with Gasteiger partial charge in [-0.2, -0.15) is 5.26 Å². The number of carbonyl (C=O) groups excluding carboxylic acids is 1. The minimum Gasteiger partial charge on any atom is -0.487 e. The molecular weight excluding hydrogens is 512 g/mol. The molecule has 1 amide bonds. The molecule has 0 aliphatic heterocycles. The number of hydrogen-bond donors (Lipinski definition) is 1. The normalized spacial score (nSPS) is 11.0. The molecule has 0 saturated carbocycles. The number of amides is 1. The number of ether oxygens (including phenoxy) is 1. The van der Waals surface area contributed by atoms with E-state index in [1.54, 1.807) is 30.4 Å². The molecule has 172 valence electrons. The van der Waals surface area contributed by atoms with Crippen LogP contribution in [0, 0.1) is 25.2 Å². The van der Waals surface area contributed by atoms with Gasteiger partial charge in [-0.05, 0) is 88.8 Å². The van der Waals surface area contributed by atoms with Gasteiger partial charge in [-0.15, -0.1) is 6.58 Å². The summed E-state index contributed by atoms with van der Waals surface area (Å²) in [5.74, 6) is 0.199. The molecule has 0 aromatic heterocycles. The Morgan fingerprint density at radius 1 is 1.21 bits per heavy atom. The van der Waals surface area contributed by atoms with Gasteiger partial charge < -0.3 is 10.1 Å². The number of nitrogens with one attached hydrogen (secondary N) is 1. The van der Waals surface area contributed by atoms with Crippen LogP contribution in [0.2, 0.25) is 5.02 Å². The average molecular weight is 536 g/mol. The molecule has 0 bridgehead atoms. The Kier molecular flexibility index (Phi) is 8.70. The average Bonchev–Trinajstić information content (AvgIpc) is 2.80. The van der Waals surface area contributed by atoms with Crippen molar-refractivity contribution >= 4 is 45.2 Å². The molecule has 3 rings (SSSR count). The van der Waals surface area contributed by atoms with E-state index >= 15 is 0 Å². The van der Waals surface area contributed by atoms with Crippen molar-refractivity contribution in [2.45, 2.75) is 26.9 Å². The fourth-order valence-corrected chi connectivity index (χ4v) is 4.24. The summed E-state index contributed by atoms with van der Waals surface area (Å²) >= 11 is 9.73. The van der Waals surface area contributed by atoms with Gasteiger partial charge >= 0.3 is 0 Å². The van der Waals surface area contributed by atoms with Crippen LogP contribution < -0.4 is 10.1 Å². The van der Waals surface area contributed by atoms with Crippen molar-refractivity contribution < 1.29 is 9.53 Å². The summed E-state index contributed by atoms with van der Waals surface area (Å²) < 4.78 is 6.86. The van der Waals surface area contributed by atoms with Crippen LogP contribution in [-0.4, -0.2) is 5.91 Å². The van der Waals surface area contributed by atoms with E-state index in [0.29, 0.717) is 35.1 Å². The highest BCUT2D eigenvalue weighted by Gasteiger charge is 2.14. The predicted octanol–water partition coefficient (Wildman–Crippen LogP) is 7.57. The van der Waals surface area contributed by atoms with E-state index in [0.717, 1.165) is 21.2 Å². The van der Waals surface area contributed by atoms with E-state index in [4.69, 9.17) is 16.3 Å². The fourth-order valence-electron chi connectivity index (χ4n) is 3.43. The minimum atomic E-state index is -0.506. The van der Waals surface area contributed by atoms with Crippen LogP contribution in [0.3, 0.4) is 0 Å². The van der Waals surface area contributed by atoms with Crippen molar-refractivity contribution in [3.63, 3.8) is 0 Å². The van der Waals surface area contributed by atoms with Gasteiger partial charge in [-0.25, -0.2) is 0 Å². The van der Waals surface area contributed by atoms with Gasteiger partial charge in [-0.3, -0.25) is 4.79 Å². The molecule has 0 fully saturated rings. The maximum absolute atomic E-state index is 12.8. The van der Waals surface area contributed by atoms with Gasteiger partial charge in [0.2, 0.25) is 0 Å². The molecule has 0 aliphatic rings. The summed E-state index contributed by atoms with van der Waals surface area (Å²) in [6.07, 6.45) is 3.91. The summed E-state index contributed by atoms with van der Waals surface area (Å²) in [4.78, 5) is 12.8. The lowest BCUT2D eigenvalue weighted by Crippen LogP contribution is -2.14. The number of halogens is 2. The van der Waals surface area contributed by atoms with Crippen LogP contribution >= 0.6 is 27.5 Å². The number of aryl methyl sites for hydroxylation is 1. The standard InChI is InChI=1S/C28H24BrClN2O2/c1-4-7-22-13-21(15-24(29)27(22)34-17-20-9-5-8-18(2)12-20)14-23(16-31)28(33)32-26-11-6-10-25(30)19(26)3/h4-6,8-15H,1,7,17H2,2-3H3,(H,32,33)/b23-14-. The Labute approximate surface area is 213 Å². The molecule has 0 saturated heterocycles. The summed E-state index contributed by atoms with van der Waals surface area (Å²) in [7, 11) is 0. The lowest BCUT2D eigenvalue weighted by atomic mass is 10.0. The van der Waals surface area contributed by atoms with Crippen molar-refractivity contribution in [1.29, 1.82) is 5.26 Å². The number of anilines is 1. The molecule has 34 heavy (non-hydrogen) atoms. The van der Waals surface area contributed by atoms with Crippen LogP contribution in [-0.2, 0) is 17.8 Å². The summed E-state index contributed by atoms with van der Waals surface area (Å²) in [5, 5.41) is 12.9. The lowest BCUT2D eigenvalue weighted by Gasteiger charge is -2.14. The number of hydrogen-bond acceptors (Lipinski definition) is 3. The summed E-state index contributed by atoms with van der Waals surface area (Å²) in [5.41, 5.74) is 5.10. The number of nitriles is 1. The molecule has 4 nitrogen and oxygen atoms in total. The van der Waals surface area contributed by atoms with E-state index in [1.807, 2.05) is 50.2 Å². The van der Waals surface area contributed by atoms with Crippen LogP contribution in [0.1, 0.15) is 27.8 Å². The number of rotatable bonds is 8. The van der Waals surface area contributed by atoms with Crippen molar-refractivity contribution in [2.75, 3.05) is 5.32 Å². The van der Waals surface area contributed by atoms with Crippen molar-refractivity contribution in [2.24, 2.45) is 0 Å². The van der Waals surface area contributed by atoms with Gasteiger partial charge in [0.25, 0.3) is 5.91 Å². The van der Waals surface area contributed by atoms with Crippen LogP contribution in [0.25, 0.3) is 6.08 Å². The zero-order chi connectivity index (χ0) is 24.7. The Morgan fingerprint density at radius 3 is 2.68 bits per heavy atom. The second-order valence-corrected chi connectivity index (χ2v) is 9.06. The molecule has 3 aromatic rings. The largest absolute Gasteiger partial charge is 0.487 e. The van der Waals surface area contributed by atoms with E-state index in [2.05, 4.69) is 33.9 Å². The highest BCUT2D eigenvalue weighted by atomic mass is 79.9. The molecule has 3 aromatic carbocycles. The van der Waals surface area contributed by atoms with Crippen LogP contribution in [0.5, 0.6) is 5.75 Å². The van der Waals surface area contributed by atoms with Gasteiger partial charge in [0, 0.05) is 10.7 Å². The number of carbonyl (C=O) groups is 1. The molecule has 1 N–H and O–H groups in total. The highest BCUT2D eigenvalue weighted by Crippen LogP contribution is 2.33. The Bertz CT molecular complexity index is 1310. The molecule has 0 atom stereocenters. The molecule has 0 heterocycles. The first-order valence-corrected chi connectivity index (χ1v) is 11.8. The van der Waals surface area contributed by atoms with Crippen molar-refractivity contribution in [3.05, 3.63) is 110 Å². The number of benzene rings is 3. The third kappa shape index (κ3) is 6.38. The highest BCUT2D eigenvalue weighted by molar-refractivity contribution is 9.10. The molecule has 6 heteroatoms. The molecule has 0 spiro atoms. The Morgan fingerprint density at radius 2 is 1.97 bits per heavy atom. The summed E-state index contributed by atoms with van der Waals surface area (Å²) in [6, 6.07) is 19.1. The number of allylic oxidation sites excluding steroid dienone is 1. The van der Waals surface area contributed by atoms with E-state index < -0.39 is 5.91 Å². The maximum atomic E-state index is 12.8. The first kappa shape index (κ1) is 25.3. The third-order valence-corrected chi connectivity index (χ3v) is 6.16. The van der Waals surface area contributed by atoms with E-state index in [1.165, 1.54) is 5.56 Å². The molecule has 0 unspecified atom stereocenters. The number of nitrogens with zero attached hydrogens (tertiary/aromatic N) is 1. The van der Waals surface area contributed by atoms with E-state index in [-0.39, 0.29) is 5.57 Å². The Balaban J connectivity index is 1.87. The first-order valence-electron chi connectivity index (χ1n) is 10.6. The van der Waals surface area contributed by atoms with E-state index in [9.17, 15) is 10.1 Å². The summed E-state index contributed by atoms with van der Waals surface area (Å²) in [6.45, 7) is 8.11. The maximum Gasteiger partial charge on any atom is 0.266 e. The lowest BCUT2D eigenvalue weighted by molar-refractivity contribution is -0.112. The Hall–Kier alpha value is -3.33. The van der Waals surface area contributed by atoms with Gasteiger partial charge in [-0.1, -0.05) is 53.6 Å². The molecular formula is C28H24BrClN2O2. The topological polar surface area (TPSA) is 62.1 Å². The first-order chi connectivity index (χ1) is 16.3. The smallest absolute Gasteiger partial charge is 0.266 e. The van der Waals surface area contributed by atoms with Gasteiger partial charge in [0.05, 0.1) is 4.47 Å². The third-order valence-electron chi connectivity index (χ3n) is 5.16. The van der Waals surface area contributed by atoms with Crippen molar-refractivity contribution in [1.82, 2.24) is 0 Å². The zero-order valence-corrected chi connectivity index (χ0v) is 21.3. The second-order valence-electron chi connectivity index (χ2n) is 7.80. The van der Waals surface area contributed by atoms with Gasteiger partial charge in [0.1, 0.15) is 24.0 Å². The zero-order valence-electron chi connectivity index (χ0n) is 19.0. The SMILES string of the molecule is C=CCc1cc(/C=C(/C#N)C(=O)Nc2cccc(Cl)c2C)cc(Br)c1OCc1cccc(C)c1.